The van der Waals surface area contributed by atoms with Crippen LogP contribution < -0.4 is 14.8 Å². The van der Waals surface area contributed by atoms with Crippen LogP contribution in [0.5, 0.6) is 11.5 Å². The number of thioether (sulfide) groups is 1. The number of nitrogens with one attached hydrogen (secondary N) is 1. The molecular formula is C25H22Cl2N4O3S. The zero-order valence-electron chi connectivity index (χ0n) is 19.0. The Morgan fingerprint density at radius 2 is 1.66 bits per heavy atom. The number of methoxy groups -OCH3 is 1. The molecule has 1 aromatic heterocycles. The van der Waals surface area contributed by atoms with E-state index in [4.69, 9.17) is 32.7 Å². The minimum atomic E-state index is -0.177. The van der Waals surface area contributed by atoms with Crippen LogP contribution in [-0.4, -0.2) is 33.5 Å². The Balaban J connectivity index is 1.52. The first-order valence-electron chi connectivity index (χ1n) is 10.6. The van der Waals surface area contributed by atoms with Gasteiger partial charge in [-0.3, -0.25) is 9.36 Å². The van der Waals surface area contributed by atoms with E-state index < -0.39 is 0 Å². The third-order valence-corrected chi connectivity index (χ3v) is 6.43. The topological polar surface area (TPSA) is 78.3 Å². The molecule has 0 aliphatic carbocycles. The van der Waals surface area contributed by atoms with Crippen molar-refractivity contribution in [1.82, 2.24) is 14.8 Å². The van der Waals surface area contributed by atoms with Gasteiger partial charge in [0.1, 0.15) is 18.1 Å². The Morgan fingerprint density at radius 1 is 0.971 bits per heavy atom. The molecule has 4 aromatic rings. The molecule has 7 nitrogen and oxygen atoms in total. The average Bonchev–Trinajstić information content (AvgIpc) is 3.27. The highest BCUT2D eigenvalue weighted by molar-refractivity contribution is 7.99. The number of hydrogen-bond donors (Lipinski definition) is 1. The second-order valence-corrected chi connectivity index (χ2v) is 9.29. The number of carbonyl (C=O) groups is 1. The lowest BCUT2D eigenvalue weighted by molar-refractivity contribution is -0.113. The van der Waals surface area contributed by atoms with E-state index in [-0.39, 0.29) is 18.3 Å². The summed E-state index contributed by atoms with van der Waals surface area (Å²) in [5.74, 6) is 1.93. The lowest BCUT2D eigenvalue weighted by Gasteiger charge is -2.12. The number of anilines is 1. The number of amides is 1. The van der Waals surface area contributed by atoms with Gasteiger partial charge in [-0.1, -0.05) is 41.0 Å². The molecule has 0 unspecified atom stereocenters. The zero-order chi connectivity index (χ0) is 24.8. The predicted octanol–water partition coefficient (Wildman–Crippen LogP) is 6.20. The molecule has 0 saturated heterocycles. The Hall–Kier alpha value is -3.20. The summed E-state index contributed by atoms with van der Waals surface area (Å²) in [5, 5.41) is 13.3. The maximum Gasteiger partial charge on any atom is 0.234 e. The van der Waals surface area contributed by atoms with Crippen molar-refractivity contribution < 1.29 is 14.3 Å². The number of halogens is 2. The smallest absolute Gasteiger partial charge is 0.234 e. The van der Waals surface area contributed by atoms with E-state index in [9.17, 15) is 4.79 Å². The van der Waals surface area contributed by atoms with Crippen LogP contribution in [-0.2, 0) is 11.4 Å². The summed E-state index contributed by atoms with van der Waals surface area (Å²) >= 11 is 13.3. The monoisotopic (exact) mass is 528 g/mol. The summed E-state index contributed by atoms with van der Waals surface area (Å²) in [6, 6.07) is 19.9. The maximum absolute atomic E-state index is 12.6. The van der Waals surface area contributed by atoms with Crippen molar-refractivity contribution in [3.8, 4) is 17.2 Å². The van der Waals surface area contributed by atoms with Gasteiger partial charge in [0.15, 0.2) is 11.0 Å². The second-order valence-electron chi connectivity index (χ2n) is 7.47. The lowest BCUT2D eigenvalue weighted by Crippen LogP contribution is -2.15. The minimum Gasteiger partial charge on any atom is -0.497 e. The number of aryl methyl sites for hydroxylation is 1. The van der Waals surface area contributed by atoms with Gasteiger partial charge in [0.25, 0.3) is 0 Å². The van der Waals surface area contributed by atoms with Crippen LogP contribution in [0, 0.1) is 6.92 Å². The SMILES string of the molecule is COc1ccc(-n2c(COc3ccc(Cl)cc3)nnc2SCC(=O)Nc2cc(Cl)ccc2C)cc1. The van der Waals surface area contributed by atoms with Crippen molar-refractivity contribution >= 4 is 46.6 Å². The van der Waals surface area contributed by atoms with E-state index in [2.05, 4.69) is 15.5 Å². The molecule has 0 atom stereocenters. The van der Waals surface area contributed by atoms with E-state index in [1.54, 1.807) is 43.5 Å². The maximum atomic E-state index is 12.6. The summed E-state index contributed by atoms with van der Waals surface area (Å²) < 4.78 is 13.0. The summed E-state index contributed by atoms with van der Waals surface area (Å²) in [5.41, 5.74) is 2.42. The first kappa shape index (κ1) is 24.9. The van der Waals surface area contributed by atoms with Crippen molar-refractivity contribution in [3.05, 3.63) is 88.2 Å². The number of nitrogens with zero attached hydrogens (tertiary/aromatic N) is 3. The lowest BCUT2D eigenvalue weighted by atomic mass is 10.2. The van der Waals surface area contributed by atoms with Crippen LogP contribution in [0.3, 0.4) is 0 Å². The van der Waals surface area contributed by atoms with Gasteiger partial charge in [0.05, 0.1) is 12.9 Å². The fourth-order valence-electron chi connectivity index (χ4n) is 3.20. The molecule has 0 bridgehead atoms. The van der Waals surface area contributed by atoms with Crippen LogP contribution in [0.25, 0.3) is 5.69 Å². The highest BCUT2D eigenvalue weighted by Gasteiger charge is 2.17. The predicted molar refractivity (Wildman–Crippen MR) is 139 cm³/mol. The van der Waals surface area contributed by atoms with Crippen molar-refractivity contribution in [1.29, 1.82) is 0 Å². The Morgan fingerprint density at radius 3 is 2.37 bits per heavy atom. The Labute approximate surface area is 217 Å². The van der Waals surface area contributed by atoms with Crippen LogP contribution >= 0.6 is 35.0 Å². The van der Waals surface area contributed by atoms with Crippen molar-refractivity contribution in [3.63, 3.8) is 0 Å². The summed E-state index contributed by atoms with van der Waals surface area (Å²) in [4.78, 5) is 12.6. The standard InChI is InChI=1S/C25H22Cl2N4O3S/c1-16-3-4-18(27)13-22(16)28-24(32)15-35-25-30-29-23(14-34-21-9-5-17(26)6-10-21)31(25)19-7-11-20(33-2)12-8-19/h3-13H,14-15H2,1-2H3,(H,28,32). The Bertz CT molecular complexity index is 1310. The van der Waals surface area contributed by atoms with Gasteiger partial charge in [-0.2, -0.15) is 0 Å². The molecule has 0 fully saturated rings. The van der Waals surface area contributed by atoms with Crippen LogP contribution in [0.15, 0.2) is 71.9 Å². The first-order valence-corrected chi connectivity index (χ1v) is 12.3. The fourth-order valence-corrected chi connectivity index (χ4v) is 4.27. The van der Waals surface area contributed by atoms with Gasteiger partial charge in [-0.05, 0) is 73.2 Å². The summed E-state index contributed by atoms with van der Waals surface area (Å²) in [6.07, 6.45) is 0. The Kier molecular flexibility index (Phi) is 8.17. The third-order valence-electron chi connectivity index (χ3n) is 5.02. The van der Waals surface area contributed by atoms with Gasteiger partial charge in [0, 0.05) is 21.4 Å². The average molecular weight is 529 g/mol. The minimum absolute atomic E-state index is 0.137. The molecule has 1 heterocycles. The van der Waals surface area contributed by atoms with Crippen LogP contribution in [0.1, 0.15) is 11.4 Å². The van der Waals surface area contributed by atoms with E-state index in [1.165, 1.54) is 11.8 Å². The summed E-state index contributed by atoms with van der Waals surface area (Å²) in [7, 11) is 1.61. The molecule has 0 aliphatic heterocycles. The number of aromatic nitrogens is 3. The first-order chi connectivity index (χ1) is 16.9. The number of ether oxygens (including phenoxy) is 2. The van der Waals surface area contributed by atoms with Gasteiger partial charge >= 0.3 is 0 Å². The normalized spacial score (nSPS) is 10.7. The number of benzene rings is 3. The fraction of sp³-hybridized carbons (Fsp3) is 0.160. The van der Waals surface area contributed by atoms with E-state index in [0.29, 0.717) is 32.5 Å². The zero-order valence-corrected chi connectivity index (χ0v) is 21.3. The molecule has 0 aliphatic rings. The van der Waals surface area contributed by atoms with Crippen LogP contribution in [0.2, 0.25) is 10.0 Å². The molecule has 1 N–H and O–H groups in total. The van der Waals surface area contributed by atoms with Gasteiger partial charge < -0.3 is 14.8 Å². The van der Waals surface area contributed by atoms with E-state index in [0.717, 1.165) is 17.0 Å². The molecule has 1 amide bonds. The van der Waals surface area contributed by atoms with Gasteiger partial charge in [0.2, 0.25) is 5.91 Å². The largest absolute Gasteiger partial charge is 0.497 e. The van der Waals surface area contributed by atoms with Gasteiger partial charge in [-0.25, -0.2) is 0 Å². The molecule has 10 heteroatoms. The highest BCUT2D eigenvalue weighted by Crippen LogP contribution is 2.26. The van der Waals surface area contributed by atoms with Crippen molar-refractivity contribution in [2.75, 3.05) is 18.2 Å². The third kappa shape index (κ3) is 6.48. The number of carbonyl (C=O) groups excluding carboxylic acids is 1. The molecule has 4 rings (SSSR count). The molecular weight excluding hydrogens is 507 g/mol. The van der Waals surface area contributed by atoms with Gasteiger partial charge in [-0.15, -0.1) is 10.2 Å². The summed E-state index contributed by atoms with van der Waals surface area (Å²) in [6.45, 7) is 2.08. The molecule has 0 spiro atoms. The molecule has 35 heavy (non-hydrogen) atoms. The number of hydrogen-bond acceptors (Lipinski definition) is 6. The molecule has 180 valence electrons. The molecule has 3 aromatic carbocycles. The van der Waals surface area contributed by atoms with E-state index >= 15 is 0 Å². The van der Waals surface area contributed by atoms with Crippen LogP contribution in [0.4, 0.5) is 5.69 Å². The van der Waals surface area contributed by atoms with E-state index in [1.807, 2.05) is 41.8 Å². The molecule has 0 radical (unpaired) electrons. The van der Waals surface area contributed by atoms with Crippen molar-refractivity contribution in [2.45, 2.75) is 18.7 Å². The highest BCUT2D eigenvalue weighted by atomic mass is 35.5. The second kappa shape index (κ2) is 11.5. The number of rotatable bonds is 9. The quantitative estimate of drug-likeness (QED) is 0.260. The molecule has 0 saturated carbocycles. The van der Waals surface area contributed by atoms with Crippen molar-refractivity contribution in [2.24, 2.45) is 0 Å².